The smallest absolute Gasteiger partial charge is 0.228 e. The van der Waals surface area contributed by atoms with Crippen molar-refractivity contribution in [3.05, 3.63) is 40.1 Å². The average Bonchev–Trinajstić information content (AvgIpc) is 2.80. The van der Waals surface area contributed by atoms with Gasteiger partial charge in [-0.15, -0.1) is 11.3 Å². The lowest BCUT2D eigenvalue weighted by molar-refractivity contribution is -0.130. The van der Waals surface area contributed by atoms with Crippen molar-refractivity contribution in [2.24, 2.45) is 0 Å². The van der Waals surface area contributed by atoms with Crippen LogP contribution in [0.3, 0.4) is 0 Å². The number of hydrogen-bond donors (Lipinski definition) is 0. The Hall–Kier alpha value is -1.95. The molecule has 2 aromatic rings. The summed E-state index contributed by atoms with van der Waals surface area (Å²) in [5.74, 6) is 0.184. The monoisotopic (exact) mass is 330 g/mol. The van der Waals surface area contributed by atoms with Crippen LogP contribution in [0, 0.1) is 13.8 Å². The van der Waals surface area contributed by atoms with Gasteiger partial charge in [-0.3, -0.25) is 9.78 Å². The molecule has 1 saturated heterocycles. The second kappa shape index (κ2) is 7.08. The normalized spacial score (nSPS) is 15.6. The van der Waals surface area contributed by atoms with Crippen molar-refractivity contribution in [3.63, 3.8) is 0 Å². The van der Waals surface area contributed by atoms with Crippen molar-refractivity contribution in [1.82, 2.24) is 14.9 Å². The minimum absolute atomic E-state index is 0.184. The summed E-state index contributed by atoms with van der Waals surface area (Å²) in [7, 11) is 0. The number of rotatable bonds is 3. The van der Waals surface area contributed by atoms with Crippen LogP contribution >= 0.6 is 11.3 Å². The summed E-state index contributed by atoms with van der Waals surface area (Å²) in [6.45, 7) is 7.49. The number of anilines is 1. The first-order chi connectivity index (χ1) is 11.1. The Kier molecular flexibility index (Phi) is 4.91. The number of aryl methyl sites for hydroxylation is 2. The summed E-state index contributed by atoms with van der Waals surface area (Å²) >= 11 is 1.60. The van der Waals surface area contributed by atoms with Crippen molar-refractivity contribution in [3.8, 4) is 0 Å². The fraction of sp³-hybridized carbons (Fsp3) is 0.471. The van der Waals surface area contributed by atoms with Crippen molar-refractivity contribution >= 4 is 22.9 Å². The zero-order chi connectivity index (χ0) is 16.2. The molecule has 6 heteroatoms. The molecule has 0 radical (unpaired) electrons. The van der Waals surface area contributed by atoms with Gasteiger partial charge in [0.1, 0.15) is 0 Å². The Morgan fingerprint density at radius 1 is 1.26 bits per heavy atom. The number of aromatic nitrogens is 2. The highest BCUT2D eigenvalue weighted by molar-refractivity contribution is 7.09. The fourth-order valence-corrected chi connectivity index (χ4v) is 3.60. The number of hydrogen-bond acceptors (Lipinski definition) is 5. The van der Waals surface area contributed by atoms with Gasteiger partial charge in [0.15, 0.2) is 0 Å². The first-order valence-electron chi connectivity index (χ1n) is 7.98. The molecule has 3 rings (SSSR count). The van der Waals surface area contributed by atoms with Crippen LogP contribution in [0.25, 0.3) is 0 Å². The minimum Gasteiger partial charge on any atom is -0.369 e. The second-order valence-corrected chi connectivity index (χ2v) is 6.98. The molecule has 1 aliphatic heterocycles. The number of pyridine rings is 1. The molecule has 1 aliphatic rings. The maximum atomic E-state index is 12.5. The summed E-state index contributed by atoms with van der Waals surface area (Å²) in [6, 6.07) is 2.06. The molecule has 0 unspecified atom stereocenters. The molecule has 0 saturated carbocycles. The number of carbonyl (C=O) groups is 1. The second-order valence-electron chi connectivity index (χ2n) is 5.92. The third-order valence-corrected chi connectivity index (χ3v) is 5.00. The SMILES string of the molecule is Cc1nc(CC(=O)N2CCCN(c3ccncc3C)CC2)cs1. The predicted molar refractivity (Wildman–Crippen MR) is 92.9 cm³/mol. The number of amides is 1. The fourth-order valence-electron chi connectivity index (χ4n) is 2.98. The van der Waals surface area contributed by atoms with Crippen molar-refractivity contribution < 1.29 is 4.79 Å². The molecule has 2 aromatic heterocycles. The summed E-state index contributed by atoms with van der Waals surface area (Å²) in [5.41, 5.74) is 3.30. The molecule has 3 heterocycles. The van der Waals surface area contributed by atoms with Gasteiger partial charge >= 0.3 is 0 Å². The molecule has 5 nitrogen and oxygen atoms in total. The third kappa shape index (κ3) is 3.88. The van der Waals surface area contributed by atoms with E-state index >= 15 is 0 Å². The average molecular weight is 330 g/mol. The van der Waals surface area contributed by atoms with Crippen LogP contribution in [0.5, 0.6) is 0 Å². The van der Waals surface area contributed by atoms with Gasteiger partial charge in [0.2, 0.25) is 5.91 Å². The van der Waals surface area contributed by atoms with E-state index in [2.05, 4.69) is 27.9 Å². The van der Waals surface area contributed by atoms with Gasteiger partial charge in [-0.2, -0.15) is 0 Å². The first kappa shape index (κ1) is 15.9. The minimum atomic E-state index is 0.184. The molecule has 1 fully saturated rings. The molecular formula is C17H22N4OS. The standard InChI is InChI=1S/C17H22N4OS/c1-13-11-18-5-4-16(13)20-6-3-7-21(9-8-20)17(22)10-15-12-23-14(2)19-15/h4-5,11-12H,3,6-10H2,1-2H3. The quantitative estimate of drug-likeness (QED) is 0.867. The van der Waals surface area contributed by atoms with E-state index in [-0.39, 0.29) is 5.91 Å². The molecule has 0 aromatic carbocycles. The van der Waals surface area contributed by atoms with Crippen LogP contribution in [0.2, 0.25) is 0 Å². The topological polar surface area (TPSA) is 49.3 Å². The highest BCUT2D eigenvalue weighted by Gasteiger charge is 2.20. The first-order valence-corrected chi connectivity index (χ1v) is 8.86. The van der Waals surface area contributed by atoms with E-state index in [4.69, 9.17) is 0 Å². The largest absolute Gasteiger partial charge is 0.369 e. The third-order valence-electron chi connectivity index (χ3n) is 4.18. The van der Waals surface area contributed by atoms with Gasteiger partial charge in [0, 0.05) is 49.6 Å². The summed E-state index contributed by atoms with van der Waals surface area (Å²) in [4.78, 5) is 25.4. The Labute approximate surface area is 141 Å². The summed E-state index contributed by atoms with van der Waals surface area (Å²) in [5, 5.41) is 3.00. The predicted octanol–water partition coefficient (Wildman–Crippen LogP) is 2.44. The number of carbonyl (C=O) groups excluding carboxylic acids is 1. The van der Waals surface area contributed by atoms with E-state index in [9.17, 15) is 4.79 Å². The lowest BCUT2D eigenvalue weighted by atomic mass is 10.2. The lowest BCUT2D eigenvalue weighted by Gasteiger charge is -2.25. The van der Waals surface area contributed by atoms with Gasteiger partial charge in [0.25, 0.3) is 0 Å². The van der Waals surface area contributed by atoms with E-state index in [1.165, 1.54) is 11.3 Å². The lowest BCUT2D eigenvalue weighted by Crippen LogP contribution is -2.36. The zero-order valence-corrected chi connectivity index (χ0v) is 14.5. The molecule has 23 heavy (non-hydrogen) atoms. The van der Waals surface area contributed by atoms with Crippen LogP contribution in [-0.4, -0.2) is 47.0 Å². The molecule has 122 valence electrons. The van der Waals surface area contributed by atoms with E-state index < -0.39 is 0 Å². The van der Waals surface area contributed by atoms with Crippen LogP contribution in [0.15, 0.2) is 23.8 Å². The molecule has 0 atom stereocenters. The highest BCUT2D eigenvalue weighted by Crippen LogP contribution is 2.20. The van der Waals surface area contributed by atoms with Crippen LogP contribution < -0.4 is 4.90 Å². The van der Waals surface area contributed by atoms with Crippen molar-refractivity contribution in [2.75, 3.05) is 31.1 Å². The Balaban J connectivity index is 1.62. The van der Waals surface area contributed by atoms with Gasteiger partial charge < -0.3 is 9.80 Å². The molecular weight excluding hydrogens is 308 g/mol. The van der Waals surface area contributed by atoms with Gasteiger partial charge in [0.05, 0.1) is 17.1 Å². The maximum Gasteiger partial charge on any atom is 0.228 e. The molecule has 0 aliphatic carbocycles. The van der Waals surface area contributed by atoms with Crippen molar-refractivity contribution in [2.45, 2.75) is 26.7 Å². The molecule has 0 spiro atoms. The summed E-state index contributed by atoms with van der Waals surface area (Å²) in [6.07, 6.45) is 5.14. The Bertz CT molecular complexity index is 685. The zero-order valence-electron chi connectivity index (χ0n) is 13.7. The molecule has 0 bridgehead atoms. The Morgan fingerprint density at radius 3 is 2.87 bits per heavy atom. The molecule has 1 amide bonds. The number of nitrogens with zero attached hydrogens (tertiary/aromatic N) is 4. The van der Waals surface area contributed by atoms with Gasteiger partial charge in [-0.25, -0.2) is 4.98 Å². The maximum absolute atomic E-state index is 12.5. The van der Waals surface area contributed by atoms with E-state index in [1.54, 1.807) is 11.3 Å². The van der Waals surface area contributed by atoms with Gasteiger partial charge in [-0.1, -0.05) is 0 Å². The number of thiazole rings is 1. The van der Waals surface area contributed by atoms with E-state index in [0.29, 0.717) is 6.42 Å². The van der Waals surface area contributed by atoms with Crippen molar-refractivity contribution in [1.29, 1.82) is 0 Å². The van der Waals surface area contributed by atoms with E-state index in [1.807, 2.05) is 29.6 Å². The van der Waals surface area contributed by atoms with Crippen LogP contribution in [-0.2, 0) is 11.2 Å². The Morgan fingerprint density at radius 2 is 2.13 bits per heavy atom. The van der Waals surface area contributed by atoms with E-state index in [0.717, 1.165) is 43.3 Å². The van der Waals surface area contributed by atoms with Gasteiger partial charge in [-0.05, 0) is 31.9 Å². The van der Waals surface area contributed by atoms with Crippen LogP contribution in [0.1, 0.15) is 22.7 Å². The van der Waals surface area contributed by atoms with Crippen LogP contribution in [0.4, 0.5) is 5.69 Å². The highest BCUT2D eigenvalue weighted by atomic mass is 32.1. The summed E-state index contributed by atoms with van der Waals surface area (Å²) < 4.78 is 0. The molecule has 0 N–H and O–H groups in total.